The molecule has 1 atom stereocenters. The number of nitrogens with zero attached hydrogens (tertiary/aromatic N) is 3. The van der Waals surface area contributed by atoms with Gasteiger partial charge in [0.15, 0.2) is 0 Å². The molecular weight excluding hydrogens is 186 g/mol. The second-order valence-electron chi connectivity index (χ2n) is 4.91. The van der Waals surface area contributed by atoms with Crippen LogP contribution in [0.5, 0.6) is 0 Å². The zero-order chi connectivity index (χ0) is 11.4. The van der Waals surface area contributed by atoms with Gasteiger partial charge in [-0.25, -0.2) is 6.57 Å². The van der Waals surface area contributed by atoms with Crippen LogP contribution in [0.4, 0.5) is 0 Å². The van der Waals surface area contributed by atoms with Crippen LogP contribution in [0, 0.1) is 6.57 Å². The van der Waals surface area contributed by atoms with Gasteiger partial charge < -0.3 is 4.85 Å². The van der Waals surface area contributed by atoms with Crippen LogP contribution >= 0.6 is 0 Å². The highest BCUT2D eigenvalue weighted by atomic mass is 15.3. The minimum atomic E-state index is 0.429. The van der Waals surface area contributed by atoms with Crippen molar-refractivity contribution in [2.24, 2.45) is 0 Å². The summed E-state index contributed by atoms with van der Waals surface area (Å²) in [5.74, 6) is 0. The van der Waals surface area contributed by atoms with Crippen molar-refractivity contribution in [3.63, 3.8) is 0 Å². The van der Waals surface area contributed by atoms with E-state index in [9.17, 15) is 0 Å². The van der Waals surface area contributed by atoms with Crippen molar-refractivity contribution in [2.75, 3.05) is 26.2 Å². The van der Waals surface area contributed by atoms with Gasteiger partial charge in [-0.1, -0.05) is 0 Å². The minimum absolute atomic E-state index is 0.429. The maximum Gasteiger partial charge on any atom is 0.231 e. The molecule has 0 spiro atoms. The first-order valence-corrected chi connectivity index (χ1v) is 5.89. The molecule has 1 saturated heterocycles. The highest BCUT2D eigenvalue weighted by molar-refractivity contribution is 4.89. The van der Waals surface area contributed by atoms with E-state index in [0.717, 1.165) is 19.6 Å². The standard InChI is InChI=1S/C12H23N3/c1-10(2)14-6-7-15(11(3)4)12(9-14)8-13-5/h10-12H,6-9H2,1-4H3/t12-/m1/s1. The Labute approximate surface area is 93.9 Å². The lowest BCUT2D eigenvalue weighted by Crippen LogP contribution is -2.57. The molecule has 0 amide bonds. The van der Waals surface area contributed by atoms with Crippen molar-refractivity contribution in [3.8, 4) is 0 Å². The number of hydrogen-bond acceptors (Lipinski definition) is 2. The molecule has 15 heavy (non-hydrogen) atoms. The van der Waals surface area contributed by atoms with Gasteiger partial charge in [0, 0.05) is 31.7 Å². The van der Waals surface area contributed by atoms with Crippen LogP contribution in [0.15, 0.2) is 0 Å². The Hall–Kier alpha value is -0.590. The predicted octanol–water partition coefficient (Wildman–Crippen LogP) is 1.71. The summed E-state index contributed by atoms with van der Waals surface area (Å²) in [6.45, 7) is 19.9. The van der Waals surface area contributed by atoms with E-state index in [1.807, 2.05) is 0 Å². The van der Waals surface area contributed by atoms with Gasteiger partial charge in [-0.15, -0.1) is 0 Å². The zero-order valence-corrected chi connectivity index (χ0v) is 10.4. The summed E-state index contributed by atoms with van der Waals surface area (Å²) in [4.78, 5) is 8.52. The fraction of sp³-hybridized carbons (Fsp3) is 0.917. The van der Waals surface area contributed by atoms with E-state index < -0.39 is 0 Å². The fourth-order valence-electron chi connectivity index (χ4n) is 2.31. The molecule has 3 nitrogen and oxygen atoms in total. The molecule has 0 aromatic rings. The van der Waals surface area contributed by atoms with E-state index in [4.69, 9.17) is 6.57 Å². The molecule has 1 heterocycles. The van der Waals surface area contributed by atoms with Crippen LogP contribution in [0.25, 0.3) is 4.85 Å². The van der Waals surface area contributed by atoms with Gasteiger partial charge in [0.05, 0.1) is 6.04 Å². The third kappa shape index (κ3) is 3.19. The summed E-state index contributed by atoms with van der Waals surface area (Å²) in [5.41, 5.74) is 0. The third-order valence-electron chi connectivity index (χ3n) is 3.26. The van der Waals surface area contributed by atoms with E-state index in [1.165, 1.54) is 0 Å². The molecule has 0 bridgehead atoms. The van der Waals surface area contributed by atoms with Gasteiger partial charge in [-0.05, 0) is 27.7 Å². The summed E-state index contributed by atoms with van der Waals surface area (Å²) >= 11 is 0. The van der Waals surface area contributed by atoms with Gasteiger partial charge >= 0.3 is 0 Å². The molecule has 1 aliphatic rings. The SMILES string of the molecule is [C-]#[N+]C[C@@H]1CN(C(C)C)CCN1C(C)C. The molecule has 1 rings (SSSR count). The maximum atomic E-state index is 7.02. The van der Waals surface area contributed by atoms with Crippen LogP contribution in [-0.2, 0) is 0 Å². The molecule has 0 saturated carbocycles. The van der Waals surface area contributed by atoms with Crippen molar-refractivity contribution in [1.29, 1.82) is 0 Å². The Kier molecular flexibility index (Phi) is 4.56. The Morgan fingerprint density at radius 3 is 2.33 bits per heavy atom. The van der Waals surface area contributed by atoms with Gasteiger partial charge in [-0.2, -0.15) is 0 Å². The van der Waals surface area contributed by atoms with E-state index in [-0.39, 0.29) is 0 Å². The number of hydrogen-bond donors (Lipinski definition) is 0. The van der Waals surface area contributed by atoms with Crippen LogP contribution in [0.3, 0.4) is 0 Å². The quantitative estimate of drug-likeness (QED) is 0.655. The first-order chi connectivity index (χ1) is 7.06. The molecule has 3 heteroatoms. The van der Waals surface area contributed by atoms with Gasteiger partial charge in [0.2, 0.25) is 6.54 Å². The van der Waals surface area contributed by atoms with E-state index in [2.05, 4.69) is 42.3 Å². The second kappa shape index (κ2) is 5.48. The van der Waals surface area contributed by atoms with Crippen molar-refractivity contribution < 1.29 is 0 Å². The number of rotatable bonds is 3. The Balaban J connectivity index is 2.61. The van der Waals surface area contributed by atoms with E-state index in [1.54, 1.807) is 0 Å². The first kappa shape index (κ1) is 12.5. The molecule has 0 N–H and O–H groups in total. The highest BCUT2D eigenvalue weighted by Gasteiger charge is 2.31. The molecule has 0 aromatic carbocycles. The lowest BCUT2D eigenvalue weighted by atomic mass is 10.1. The third-order valence-corrected chi connectivity index (χ3v) is 3.26. The molecule has 1 aliphatic heterocycles. The van der Waals surface area contributed by atoms with E-state index >= 15 is 0 Å². The van der Waals surface area contributed by atoms with Crippen molar-refractivity contribution in [2.45, 2.75) is 45.8 Å². The fourth-order valence-corrected chi connectivity index (χ4v) is 2.31. The first-order valence-electron chi connectivity index (χ1n) is 5.89. The normalized spacial score (nSPS) is 24.7. The predicted molar refractivity (Wildman–Crippen MR) is 63.8 cm³/mol. The molecule has 86 valence electrons. The lowest BCUT2D eigenvalue weighted by molar-refractivity contribution is 0.0435. The Morgan fingerprint density at radius 1 is 1.20 bits per heavy atom. The average molecular weight is 209 g/mol. The monoisotopic (exact) mass is 209 g/mol. The highest BCUT2D eigenvalue weighted by Crippen LogP contribution is 2.15. The Bertz CT molecular complexity index is 230. The zero-order valence-electron chi connectivity index (χ0n) is 10.4. The number of piperazine rings is 1. The van der Waals surface area contributed by atoms with Crippen molar-refractivity contribution in [1.82, 2.24) is 9.80 Å². The Morgan fingerprint density at radius 2 is 1.87 bits per heavy atom. The summed E-state index contributed by atoms with van der Waals surface area (Å²) in [7, 11) is 0. The van der Waals surface area contributed by atoms with Crippen molar-refractivity contribution >= 4 is 0 Å². The lowest BCUT2D eigenvalue weighted by Gasteiger charge is -2.43. The van der Waals surface area contributed by atoms with Crippen LogP contribution in [0.2, 0.25) is 0 Å². The van der Waals surface area contributed by atoms with Crippen LogP contribution in [-0.4, -0.2) is 54.1 Å². The largest absolute Gasteiger partial charge is 0.315 e. The molecule has 0 aliphatic carbocycles. The van der Waals surface area contributed by atoms with Crippen LogP contribution in [0.1, 0.15) is 27.7 Å². The van der Waals surface area contributed by atoms with Gasteiger partial charge in [0.1, 0.15) is 0 Å². The van der Waals surface area contributed by atoms with Gasteiger partial charge in [0.25, 0.3) is 0 Å². The summed E-state index contributed by atoms with van der Waals surface area (Å²) in [6, 6.07) is 1.59. The molecule has 0 radical (unpaired) electrons. The second-order valence-corrected chi connectivity index (χ2v) is 4.91. The average Bonchev–Trinajstić information content (AvgIpc) is 2.17. The van der Waals surface area contributed by atoms with Crippen molar-refractivity contribution in [3.05, 3.63) is 11.4 Å². The van der Waals surface area contributed by atoms with Crippen LogP contribution < -0.4 is 0 Å². The molecular formula is C12H23N3. The summed E-state index contributed by atoms with van der Waals surface area (Å²) in [5, 5.41) is 0. The summed E-state index contributed by atoms with van der Waals surface area (Å²) < 4.78 is 0. The smallest absolute Gasteiger partial charge is 0.231 e. The minimum Gasteiger partial charge on any atom is -0.315 e. The molecule has 0 unspecified atom stereocenters. The van der Waals surface area contributed by atoms with E-state index in [0.29, 0.717) is 24.7 Å². The molecule has 1 fully saturated rings. The summed E-state index contributed by atoms with van der Waals surface area (Å²) in [6.07, 6.45) is 0. The molecule has 0 aromatic heterocycles. The maximum absolute atomic E-state index is 7.02. The topological polar surface area (TPSA) is 10.8 Å². The van der Waals surface area contributed by atoms with Gasteiger partial charge in [-0.3, -0.25) is 9.80 Å².